The first-order valence-corrected chi connectivity index (χ1v) is 7.32. The predicted molar refractivity (Wildman–Crippen MR) is 81.6 cm³/mol. The van der Waals surface area contributed by atoms with Crippen LogP contribution in [-0.4, -0.2) is 34.2 Å². The molecule has 3 N–H and O–H groups in total. The number of carbonyl (C=O) groups is 2. The SMILES string of the molecule is Cc1cccc2c(CCC(=O)NC(CC(F)(F)F)C(=O)O)c[nH]c12. The molecule has 1 unspecified atom stereocenters. The van der Waals surface area contributed by atoms with E-state index in [4.69, 9.17) is 5.11 Å². The molecule has 2 aromatic rings. The summed E-state index contributed by atoms with van der Waals surface area (Å²) in [6, 6.07) is 3.72. The van der Waals surface area contributed by atoms with Crippen LogP contribution in [0.15, 0.2) is 24.4 Å². The van der Waals surface area contributed by atoms with Crippen LogP contribution in [0.3, 0.4) is 0 Å². The van der Waals surface area contributed by atoms with Crippen molar-refractivity contribution in [1.29, 1.82) is 0 Å². The van der Waals surface area contributed by atoms with Crippen LogP contribution in [-0.2, 0) is 16.0 Å². The second-order valence-electron chi connectivity index (χ2n) is 5.59. The Morgan fingerprint density at radius 3 is 2.67 bits per heavy atom. The van der Waals surface area contributed by atoms with Gasteiger partial charge in [-0.1, -0.05) is 18.2 Å². The number of benzene rings is 1. The lowest BCUT2D eigenvalue weighted by molar-refractivity contribution is -0.160. The second kappa shape index (κ2) is 6.94. The topological polar surface area (TPSA) is 82.2 Å². The highest BCUT2D eigenvalue weighted by atomic mass is 19.4. The van der Waals surface area contributed by atoms with Crippen molar-refractivity contribution < 1.29 is 27.9 Å². The Labute approximate surface area is 135 Å². The normalized spacial score (nSPS) is 13.0. The van der Waals surface area contributed by atoms with Crippen molar-refractivity contribution in [2.24, 2.45) is 0 Å². The van der Waals surface area contributed by atoms with Crippen LogP contribution in [0.25, 0.3) is 10.9 Å². The number of aliphatic carboxylic acids is 1. The molecule has 0 radical (unpaired) electrons. The average molecular weight is 342 g/mol. The minimum Gasteiger partial charge on any atom is -0.480 e. The Kier molecular flexibility index (Phi) is 5.16. The number of amides is 1. The molecule has 0 saturated heterocycles. The van der Waals surface area contributed by atoms with Gasteiger partial charge in [-0.2, -0.15) is 13.2 Å². The molecule has 1 aromatic carbocycles. The third-order valence-corrected chi connectivity index (χ3v) is 3.70. The standard InChI is InChI=1S/C16H17F3N2O3/c1-9-3-2-4-11-10(8-20-14(9)11)5-6-13(22)21-12(15(23)24)7-16(17,18)19/h2-4,8,12,20H,5-7H2,1H3,(H,21,22)(H,23,24). The number of hydrogen-bond acceptors (Lipinski definition) is 2. The summed E-state index contributed by atoms with van der Waals surface area (Å²) in [6.45, 7) is 1.93. The number of rotatable bonds is 6. The zero-order valence-corrected chi connectivity index (χ0v) is 12.9. The zero-order chi connectivity index (χ0) is 17.9. The van der Waals surface area contributed by atoms with Gasteiger partial charge in [0.1, 0.15) is 6.04 Å². The molecule has 0 bridgehead atoms. The summed E-state index contributed by atoms with van der Waals surface area (Å²) in [5.41, 5.74) is 2.83. The maximum Gasteiger partial charge on any atom is 0.391 e. The number of para-hydroxylation sites is 1. The molecule has 0 aliphatic rings. The Balaban J connectivity index is 1.99. The van der Waals surface area contributed by atoms with Gasteiger partial charge in [-0.05, 0) is 24.5 Å². The number of nitrogens with one attached hydrogen (secondary N) is 2. The summed E-state index contributed by atoms with van der Waals surface area (Å²) in [6.07, 6.45) is -4.31. The van der Waals surface area contributed by atoms with E-state index in [1.807, 2.05) is 30.4 Å². The number of aromatic nitrogens is 1. The van der Waals surface area contributed by atoms with Gasteiger partial charge in [-0.25, -0.2) is 4.79 Å². The van der Waals surface area contributed by atoms with Gasteiger partial charge >= 0.3 is 12.1 Å². The summed E-state index contributed by atoms with van der Waals surface area (Å²) in [5, 5.41) is 11.7. The maximum absolute atomic E-state index is 12.3. The van der Waals surface area contributed by atoms with Gasteiger partial charge in [-0.3, -0.25) is 4.79 Å². The van der Waals surface area contributed by atoms with Crippen molar-refractivity contribution in [1.82, 2.24) is 10.3 Å². The number of carboxylic acids is 1. The third kappa shape index (κ3) is 4.50. The number of H-pyrrole nitrogens is 1. The number of hydrogen-bond donors (Lipinski definition) is 3. The minimum absolute atomic E-state index is 0.0947. The van der Waals surface area contributed by atoms with Crippen LogP contribution in [0, 0.1) is 6.92 Å². The van der Waals surface area contributed by atoms with E-state index >= 15 is 0 Å². The van der Waals surface area contributed by atoms with Crippen molar-refractivity contribution in [2.45, 2.75) is 38.4 Å². The van der Waals surface area contributed by atoms with E-state index in [0.717, 1.165) is 22.0 Å². The molecule has 1 atom stereocenters. The minimum atomic E-state index is -4.66. The lowest BCUT2D eigenvalue weighted by atomic mass is 10.1. The smallest absolute Gasteiger partial charge is 0.391 e. The van der Waals surface area contributed by atoms with Crippen LogP contribution in [0.1, 0.15) is 24.0 Å². The number of alkyl halides is 3. The number of aryl methyl sites for hydroxylation is 2. The number of halogens is 3. The predicted octanol–water partition coefficient (Wildman–Crippen LogP) is 2.93. The van der Waals surface area contributed by atoms with E-state index in [1.54, 1.807) is 6.20 Å². The number of fused-ring (bicyclic) bond motifs is 1. The second-order valence-corrected chi connectivity index (χ2v) is 5.59. The summed E-state index contributed by atoms with van der Waals surface area (Å²) in [5.74, 6) is -2.43. The first-order chi connectivity index (χ1) is 11.2. The molecule has 0 saturated carbocycles. The summed E-state index contributed by atoms with van der Waals surface area (Å²) < 4.78 is 37.0. The van der Waals surface area contributed by atoms with Crippen LogP contribution >= 0.6 is 0 Å². The molecule has 8 heteroatoms. The monoisotopic (exact) mass is 342 g/mol. The van der Waals surface area contributed by atoms with E-state index in [9.17, 15) is 22.8 Å². The van der Waals surface area contributed by atoms with Crippen molar-refractivity contribution in [2.75, 3.05) is 0 Å². The maximum atomic E-state index is 12.3. The highest BCUT2D eigenvalue weighted by Gasteiger charge is 2.36. The van der Waals surface area contributed by atoms with E-state index in [2.05, 4.69) is 4.98 Å². The third-order valence-electron chi connectivity index (χ3n) is 3.70. The lowest BCUT2D eigenvalue weighted by Gasteiger charge is -2.16. The molecular formula is C16H17F3N2O3. The summed E-state index contributed by atoms with van der Waals surface area (Å²) in [4.78, 5) is 25.7. The van der Waals surface area contributed by atoms with Crippen molar-refractivity contribution in [3.63, 3.8) is 0 Å². The molecule has 2 rings (SSSR count). The summed E-state index contributed by atoms with van der Waals surface area (Å²) in [7, 11) is 0. The molecule has 0 spiro atoms. The van der Waals surface area contributed by atoms with Crippen LogP contribution in [0.2, 0.25) is 0 Å². The fourth-order valence-corrected chi connectivity index (χ4v) is 2.52. The molecule has 1 aromatic heterocycles. The molecule has 0 aliphatic heterocycles. The Hall–Kier alpha value is -2.51. The number of aromatic amines is 1. The van der Waals surface area contributed by atoms with Gasteiger partial charge < -0.3 is 15.4 Å². The van der Waals surface area contributed by atoms with Crippen molar-refractivity contribution in [3.8, 4) is 0 Å². The van der Waals surface area contributed by atoms with Crippen LogP contribution in [0.5, 0.6) is 0 Å². The van der Waals surface area contributed by atoms with Gasteiger partial charge in [-0.15, -0.1) is 0 Å². The Morgan fingerprint density at radius 2 is 2.04 bits per heavy atom. The Morgan fingerprint density at radius 1 is 1.33 bits per heavy atom. The van der Waals surface area contributed by atoms with E-state index in [-0.39, 0.29) is 6.42 Å². The quantitative estimate of drug-likeness (QED) is 0.755. The Bertz CT molecular complexity index is 753. The van der Waals surface area contributed by atoms with E-state index in [0.29, 0.717) is 6.42 Å². The van der Waals surface area contributed by atoms with E-state index < -0.39 is 30.5 Å². The zero-order valence-electron chi connectivity index (χ0n) is 12.9. The number of carbonyl (C=O) groups excluding carboxylic acids is 1. The molecule has 0 fully saturated rings. The van der Waals surface area contributed by atoms with Gasteiger partial charge in [0.25, 0.3) is 0 Å². The highest BCUT2D eigenvalue weighted by molar-refractivity contribution is 5.87. The lowest BCUT2D eigenvalue weighted by Crippen LogP contribution is -2.43. The largest absolute Gasteiger partial charge is 0.480 e. The van der Waals surface area contributed by atoms with E-state index in [1.165, 1.54) is 0 Å². The summed E-state index contributed by atoms with van der Waals surface area (Å²) >= 11 is 0. The number of carboxylic acid groups (broad SMARTS) is 1. The average Bonchev–Trinajstić information content (AvgIpc) is 2.87. The van der Waals surface area contributed by atoms with Gasteiger partial charge in [0.2, 0.25) is 5.91 Å². The fraction of sp³-hybridized carbons (Fsp3) is 0.375. The molecule has 5 nitrogen and oxygen atoms in total. The van der Waals surface area contributed by atoms with Gasteiger partial charge in [0, 0.05) is 23.5 Å². The van der Waals surface area contributed by atoms with Crippen molar-refractivity contribution >= 4 is 22.8 Å². The first-order valence-electron chi connectivity index (χ1n) is 7.32. The molecular weight excluding hydrogens is 325 g/mol. The molecule has 130 valence electrons. The van der Waals surface area contributed by atoms with Crippen LogP contribution in [0.4, 0.5) is 13.2 Å². The molecule has 1 heterocycles. The highest BCUT2D eigenvalue weighted by Crippen LogP contribution is 2.23. The fourth-order valence-electron chi connectivity index (χ4n) is 2.52. The van der Waals surface area contributed by atoms with Gasteiger partial charge in [0.15, 0.2) is 0 Å². The van der Waals surface area contributed by atoms with Crippen LogP contribution < -0.4 is 5.32 Å². The first kappa shape index (κ1) is 17.8. The van der Waals surface area contributed by atoms with Crippen molar-refractivity contribution in [3.05, 3.63) is 35.5 Å². The molecule has 0 aliphatic carbocycles. The van der Waals surface area contributed by atoms with Gasteiger partial charge in [0.05, 0.1) is 6.42 Å². The molecule has 1 amide bonds. The molecule has 24 heavy (non-hydrogen) atoms.